The van der Waals surface area contributed by atoms with E-state index in [9.17, 15) is 4.79 Å². The number of rotatable bonds is 2. The summed E-state index contributed by atoms with van der Waals surface area (Å²) in [6.45, 7) is 6.06. The minimum Gasteiger partial charge on any atom is -0.369 e. The van der Waals surface area contributed by atoms with E-state index in [1.807, 2.05) is 13.8 Å². The average Bonchev–Trinajstić information content (AvgIpc) is 2.04. The van der Waals surface area contributed by atoms with E-state index in [4.69, 9.17) is 5.73 Å². The fourth-order valence-electron chi connectivity index (χ4n) is 1.96. The molecule has 2 N–H and O–H groups in total. The molecule has 0 aromatic heterocycles. The van der Waals surface area contributed by atoms with Crippen molar-refractivity contribution in [3.8, 4) is 0 Å². The highest BCUT2D eigenvalue weighted by Crippen LogP contribution is 2.32. The summed E-state index contributed by atoms with van der Waals surface area (Å²) in [5, 5.41) is 0. The van der Waals surface area contributed by atoms with Gasteiger partial charge in [-0.2, -0.15) is 0 Å². The molecule has 3 nitrogen and oxygen atoms in total. The SMILES string of the molecule is CN1CCCC(C(C)(C)C(N)=O)C1.Cl. The summed E-state index contributed by atoms with van der Waals surface area (Å²) in [7, 11) is 2.10. The maximum atomic E-state index is 11.2. The molecule has 0 radical (unpaired) electrons. The van der Waals surface area contributed by atoms with Gasteiger partial charge in [-0.05, 0) is 32.4 Å². The molecule has 0 aromatic rings. The topological polar surface area (TPSA) is 46.3 Å². The molecule has 14 heavy (non-hydrogen) atoms. The van der Waals surface area contributed by atoms with Gasteiger partial charge in [0, 0.05) is 12.0 Å². The average molecular weight is 221 g/mol. The summed E-state index contributed by atoms with van der Waals surface area (Å²) in [5.41, 5.74) is 5.04. The number of likely N-dealkylation sites (tertiary alicyclic amines) is 1. The van der Waals surface area contributed by atoms with Crippen LogP contribution in [0.2, 0.25) is 0 Å². The quantitative estimate of drug-likeness (QED) is 0.762. The van der Waals surface area contributed by atoms with Crippen LogP contribution in [-0.4, -0.2) is 30.9 Å². The van der Waals surface area contributed by atoms with E-state index in [1.165, 1.54) is 6.42 Å². The van der Waals surface area contributed by atoms with Crippen molar-refractivity contribution in [1.82, 2.24) is 4.90 Å². The molecule has 1 amide bonds. The number of piperidine rings is 1. The maximum Gasteiger partial charge on any atom is 0.223 e. The van der Waals surface area contributed by atoms with Gasteiger partial charge in [-0.25, -0.2) is 0 Å². The maximum absolute atomic E-state index is 11.2. The van der Waals surface area contributed by atoms with Crippen molar-refractivity contribution in [2.75, 3.05) is 20.1 Å². The highest BCUT2D eigenvalue weighted by atomic mass is 35.5. The number of carbonyl (C=O) groups is 1. The fourth-order valence-corrected chi connectivity index (χ4v) is 1.96. The standard InChI is InChI=1S/C10H20N2O.ClH/c1-10(2,9(11)13)8-5-4-6-12(3)7-8;/h8H,4-7H2,1-3H3,(H2,11,13);1H. The normalized spacial score (nSPS) is 24.1. The number of carbonyl (C=O) groups excluding carboxylic acids is 1. The van der Waals surface area contributed by atoms with Crippen LogP contribution in [0.5, 0.6) is 0 Å². The van der Waals surface area contributed by atoms with Crippen molar-refractivity contribution in [3.63, 3.8) is 0 Å². The largest absolute Gasteiger partial charge is 0.369 e. The molecule has 1 aliphatic heterocycles. The van der Waals surface area contributed by atoms with Gasteiger partial charge in [0.15, 0.2) is 0 Å². The highest BCUT2D eigenvalue weighted by molar-refractivity contribution is 5.85. The van der Waals surface area contributed by atoms with Gasteiger partial charge in [0.2, 0.25) is 5.91 Å². The third-order valence-electron chi connectivity index (χ3n) is 3.28. The first kappa shape index (κ1) is 13.7. The summed E-state index contributed by atoms with van der Waals surface area (Å²) in [6.07, 6.45) is 2.30. The number of nitrogens with two attached hydrogens (primary N) is 1. The van der Waals surface area contributed by atoms with Gasteiger partial charge in [0.25, 0.3) is 0 Å². The predicted octanol–water partition coefficient (Wildman–Crippen LogP) is 1.26. The van der Waals surface area contributed by atoms with Gasteiger partial charge < -0.3 is 10.6 Å². The van der Waals surface area contributed by atoms with Gasteiger partial charge in [0.1, 0.15) is 0 Å². The van der Waals surface area contributed by atoms with E-state index in [-0.39, 0.29) is 23.7 Å². The van der Waals surface area contributed by atoms with Gasteiger partial charge in [-0.3, -0.25) is 4.79 Å². The van der Waals surface area contributed by atoms with Crippen LogP contribution in [0.1, 0.15) is 26.7 Å². The molecule has 1 aliphatic rings. The molecule has 0 aliphatic carbocycles. The van der Waals surface area contributed by atoms with Crippen LogP contribution < -0.4 is 5.73 Å². The van der Waals surface area contributed by atoms with Crippen LogP contribution in [0, 0.1) is 11.3 Å². The first-order valence-corrected chi connectivity index (χ1v) is 4.93. The molecule has 1 atom stereocenters. The summed E-state index contributed by atoms with van der Waals surface area (Å²) < 4.78 is 0. The number of nitrogens with zero attached hydrogens (tertiary/aromatic N) is 1. The molecule has 4 heteroatoms. The van der Waals surface area contributed by atoms with Crippen LogP contribution in [0.3, 0.4) is 0 Å². The monoisotopic (exact) mass is 220 g/mol. The van der Waals surface area contributed by atoms with Gasteiger partial charge in [-0.1, -0.05) is 13.8 Å². The second kappa shape index (κ2) is 4.99. The van der Waals surface area contributed by atoms with E-state index in [0.717, 1.165) is 19.5 Å². The molecular weight excluding hydrogens is 200 g/mol. The first-order valence-electron chi connectivity index (χ1n) is 4.93. The van der Waals surface area contributed by atoms with Gasteiger partial charge in [-0.15, -0.1) is 12.4 Å². The third kappa shape index (κ3) is 2.85. The van der Waals surface area contributed by atoms with Crippen LogP contribution in [0.4, 0.5) is 0 Å². The molecule has 1 heterocycles. The van der Waals surface area contributed by atoms with E-state index >= 15 is 0 Å². The Hall–Kier alpha value is -0.280. The Morgan fingerprint density at radius 2 is 2.07 bits per heavy atom. The first-order chi connectivity index (χ1) is 5.94. The summed E-state index contributed by atoms with van der Waals surface area (Å²) in [6, 6.07) is 0. The Balaban J connectivity index is 0.00000169. The van der Waals surface area contributed by atoms with Crippen LogP contribution in [0.25, 0.3) is 0 Å². The number of primary amides is 1. The lowest BCUT2D eigenvalue weighted by Gasteiger charge is -2.38. The Morgan fingerprint density at radius 1 is 1.50 bits per heavy atom. The summed E-state index contributed by atoms with van der Waals surface area (Å²) >= 11 is 0. The molecule has 0 aromatic carbocycles. The lowest BCUT2D eigenvalue weighted by molar-refractivity contribution is -0.129. The predicted molar refractivity (Wildman–Crippen MR) is 60.4 cm³/mol. The van der Waals surface area contributed by atoms with Gasteiger partial charge >= 0.3 is 0 Å². The molecule has 0 bridgehead atoms. The molecule has 0 saturated carbocycles. The van der Waals surface area contributed by atoms with Crippen molar-refractivity contribution >= 4 is 18.3 Å². The molecule has 1 saturated heterocycles. The molecule has 84 valence electrons. The van der Waals surface area contributed by atoms with E-state index in [1.54, 1.807) is 0 Å². The zero-order chi connectivity index (χ0) is 10.1. The van der Waals surface area contributed by atoms with Crippen molar-refractivity contribution in [2.45, 2.75) is 26.7 Å². The van der Waals surface area contributed by atoms with E-state index < -0.39 is 0 Å². The van der Waals surface area contributed by atoms with E-state index in [2.05, 4.69) is 11.9 Å². The molecule has 1 fully saturated rings. The molecule has 1 unspecified atom stereocenters. The Kier molecular flexibility index (Phi) is 4.89. The summed E-state index contributed by atoms with van der Waals surface area (Å²) in [4.78, 5) is 13.5. The van der Waals surface area contributed by atoms with Crippen molar-refractivity contribution in [1.29, 1.82) is 0 Å². The van der Waals surface area contributed by atoms with Crippen LogP contribution in [-0.2, 0) is 4.79 Å². The lowest BCUT2D eigenvalue weighted by Crippen LogP contribution is -2.45. The van der Waals surface area contributed by atoms with Gasteiger partial charge in [0.05, 0.1) is 0 Å². The zero-order valence-electron chi connectivity index (χ0n) is 9.25. The number of amides is 1. The zero-order valence-corrected chi connectivity index (χ0v) is 10.1. The fraction of sp³-hybridized carbons (Fsp3) is 0.900. The number of hydrogen-bond donors (Lipinski definition) is 1. The van der Waals surface area contributed by atoms with Crippen LogP contribution in [0.15, 0.2) is 0 Å². The second-order valence-electron chi connectivity index (χ2n) is 4.69. The third-order valence-corrected chi connectivity index (χ3v) is 3.28. The van der Waals surface area contributed by atoms with Crippen molar-refractivity contribution in [3.05, 3.63) is 0 Å². The Bertz CT molecular complexity index is 206. The highest BCUT2D eigenvalue weighted by Gasteiger charge is 2.36. The number of halogens is 1. The molecular formula is C10H21ClN2O. The lowest BCUT2D eigenvalue weighted by atomic mass is 9.74. The minimum absolute atomic E-state index is 0. The number of hydrogen-bond acceptors (Lipinski definition) is 2. The molecule has 1 rings (SSSR count). The van der Waals surface area contributed by atoms with Crippen molar-refractivity contribution < 1.29 is 4.79 Å². The van der Waals surface area contributed by atoms with Crippen LogP contribution >= 0.6 is 12.4 Å². The van der Waals surface area contributed by atoms with Crippen molar-refractivity contribution in [2.24, 2.45) is 17.1 Å². The smallest absolute Gasteiger partial charge is 0.223 e. The Morgan fingerprint density at radius 3 is 2.50 bits per heavy atom. The summed E-state index contributed by atoms with van der Waals surface area (Å²) in [5.74, 6) is 0.247. The Labute approximate surface area is 92.4 Å². The van der Waals surface area contributed by atoms with E-state index in [0.29, 0.717) is 5.92 Å². The second-order valence-corrected chi connectivity index (χ2v) is 4.69. The molecule has 0 spiro atoms. The minimum atomic E-state index is -0.352.